The highest BCUT2D eigenvalue weighted by Crippen LogP contribution is 2.56. The smallest absolute Gasteiger partial charge is 0.238 e. The average molecular weight is 530 g/mol. The van der Waals surface area contributed by atoms with E-state index in [0.29, 0.717) is 45.2 Å². The Morgan fingerprint density at radius 1 is 1.00 bits per heavy atom. The van der Waals surface area contributed by atoms with Gasteiger partial charge in [-0.3, -0.25) is 24.1 Å². The quantitative estimate of drug-likeness (QED) is 0.352. The number of ketones is 2. The van der Waals surface area contributed by atoms with Crippen LogP contribution in [0.25, 0.3) is 0 Å². The van der Waals surface area contributed by atoms with Crippen LogP contribution < -0.4 is 9.64 Å². The molecule has 0 unspecified atom stereocenters. The minimum atomic E-state index is -0.673. The standard InChI is InChI=1S/C30H24ClNO6/c1-14-11-23(34)22-13-21-18(25(27(22)28(14)35)19-8-7-17(33)12-24(19)38-2)9-10-20-26(21)30(37)32(29(20)36)16-5-3-15(31)4-6-16/h3-9,11-12,20-21,25-26,33H,10,13H2,1-2H3/t20-,21+,25+,26-/m0/s1. The van der Waals surface area contributed by atoms with Crippen molar-refractivity contribution in [2.45, 2.75) is 25.7 Å². The average Bonchev–Trinajstić information content (AvgIpc) is 3.16. The van der Waals surface area contributed by atoms with Gasteiger partial charge < -0.3 is 9.84 Å². The fraction of sp³-hybridized carbons (Fsp3) is 0.267. The minimum absolute atomic E-state index is 0.00199. The zero-order chi connectivity index (χ0) is 26.9. The van der Waals surface area contributed by atoms with Crippen LogP contribution in [0, 0.1) is 17.8 Å². The van der Waals surface area contributed by atoms with Gasteiger partial charge in [0.05, 0.1) is 24.6 Å². The van der Waals surface area contributed by atoms with Gasteiger partial charge in [0.25, 0.3) is 0 Å². The lowest BCUT2D eigenvalue weighted by Gasteiger charge is -2.42. The van der Waals surface area contributed by atoms with Crippen molar-refractivity contribution >= 4 is 40.7 Å². The van der Waals surface area contributed by atoms with E-state index < -0.39 is 23.7 Å². The molecule has 2 aromatic rings. The van der Waals surface area contributed by atoms with E-state index >= 15 is 0 Å². The molecule has 38 heavy (non-hydrogen) atoms. The van der Waals surface area contributed by atoms with Gasteiger partial charge >= 0.3 is 0 Å². The maximum absolute atomic E-state index is 13.9. The van der Waals surface area contributed by atoms with E-state index in [0.717, 1.165) is 5.57 Å². The van der Waals surface area contributed by atoms with Gasteiger partial charge in [-0.05, 0) is 62.1 Å². The van der Waals surface area contributed by atoms with Crippen molar-refractivity contribution in [2.75, 3.05) is 12.0 Å². The number of hydrogen-bond donors (Lipinski definition) is 1. The number of methoxy groups -OCH3 is 1. The molecule has 0 bridgehead atoms. The van der Waals surface area contributed by atoms with E-state index in [1.807, 2.05) is 6.08 Å². The molecule has 1 heterocycles. The lowest BCUT2D eigenvalue weighted by molar-refractivity contribution is -0.123. The van der Waals surface area contributed by atoms with E-state index in [1.54, 1.807) is 37.3 Å². The third-order valence-electron chi connectivity index (χ3n) is 8.18. The zero-order valence-corrected chi connectivity index (χ0v) is 21.5. The fourth-order valence-corrected chi connectivity index (χ4v) is 6.63. The molecule has 6 rings (SSSR count). The molecule has 3 aliphatic carbocycles. The van der Waals surface area contributed by atoms with E-state index in [4.69, 9.17) is 16.3 Å². The molecule has 1 N–H and O–H groups in total. The molecule has 1 saturated heterocycles. The third kappa shape index (κ3) is 3.49. The molecule has 2 aromatic carbocycles. The first-order chi connectivity index (χ1) is 18.2. The maximum atomic E-state index is 13.9. The predicted molar refractivity (Wildman–Crippen MR) is 140 cm³/mol. The molecule has 0 radical (unpaired) electrons. The summed E-state index contributed by atoms with van der Waals surface area (Å²) in [5.74, 6) is -3.04. The van der Waals surface area contributed by atoms with Gasteiger partial charge in [0.15, 0.2) is 11.6 Å². The topological polar surface area (TPSA) is 101 Å². The van der Waals surface area contributed by atoms with Crippen molar-refractivity contribution in [3.05, 3.63) is 87.5 Å². The lowest BCUT2D eigenvalue weighted by Crippen LogP contribution is -2.40. The van der Waals surface area contributed by atoms with Gasteiger partial charge in [-0.15, -0.1) is 0 Å². The molecule has 2 amide bonds. The number of allylic oxidation sites excluding steroid dienone is 6. The third-order valence-corrected chi connectivity index (χ3v) is 8.43. The Bertz CT molecular complexity index is 1530. The Morgan fingerprint density at radius 2 is 1.74 bits per heavy atom. The molecule has 8 heteroatoms. The number of phenols is 1. The molecule has 1 aliphatic heterocycles. The molecule has 7 nitrogen and oxygen atoms in total. The zero-order valence-electron chi connectivity index (χ0n) is 20.7. The number of amides is 2. The molecule has 4 aliphatic rings. The molecular formula is C30H24ClNO6. The summed E-state index contributed by atoms with van der Waals surface area (Å²) in [7, 11) is 1.47. The van der Waals surface area contributed by atoms with Gasteiger partial charge in [-0.25, -0.2) is 0 Å². The summed E-state index contributed by atoms with van der Waals surface area (Å²) < 4.78 is 5.58. The number of benzene rings is 2. The van der Waals surface area contributed by atoms with Crippen LogP contribution in [0.3, 0.4) is 0 Å². The second-order valence-electron chi connectivity index (χ2n) is 10.1. The van der Waals surface area contributed by atoms with Crippen LogP contribution in [-0.4, -0.2) is 35.6 Å². The maximum Gasteiger partial charge on any atom is 0.238 e. The van der Waals surface area contributed by atoms with Crippen molar-refractivity contribution in [1.82, 2.24) is 0 Å². The van der Waals surface area contributed by atoms with Crippen molar-refractivity contribution in [2.24, 2.45) is 17.8 Å². The van der Waals surface area contributed by atoms with Crippen LogP contribution in [-0.2, 0) is 19.2 Å². The SMILES string of the molecule is COc1cc(O)ccc1[C@H]1C2=CC[C@@H]3C(=O)N(c4ccc(Cl)cc4)C(=O)[C@@H]3[C@@H]2CC2=C1C(=O)C(C)=CC2=O. The molecular weight excluding hydrogens is 506 g/mol. The minimum Gasteiger partial charge on any atom is -0.508 e. The largest absolute Gasteiger partial charge is 0.508 e. The number of halogens is 1. The van der Waals surface area contributed by atoms with Crippen LogP contribution in [0.1, 0.15) is 31.2 Å². The monoisotopic (exact) mass is 529 g/mol. The van der Waals surface area contributed by atoms with Crippen molar-refractivity contribution in [3.63, 3.8) is 0 Å². The van der Waals surface area contributed by atoms with Crippen LogP contribution in [0.15, 0.2) is 76.9 Å². The van der Waals surface area contributed by atoms with Crippen LogP contribution in [0.5, 0.6) is 11.5 Å². The number of phenolic OH excluding ortho intramolecular Hbond substituents is 1. The Kier molecular flexibility index (Phi) is 5.65. The molecule has 0 saturated carbocycles. The number of Topliss-reactive ketones (excluding diaryl/α,β-unsaturated/α-hetero) is 1. The number of carbonyl (C=O) groups is 4. The summed E-state index contributed by atoms with van der Waals surface area (Å²) in [6.45, 7) is 1.62. The van der Waals surface area contributed by atoms with E-state index in [2.05, 4.69) is 0 Å². The molecule has 0 aromatic heterocycles. The van der Waals surface area contributed by atoms with E-state index in [1.165, 1.54) is 30.2 Å². The molecule has 0 spiro atoms. The van der Waals surface area contributed by atoms with Crippen molar-refractivity contribution < 1.29 is 29.0 Å². The Morgan fingerprint density at radius 3 is 2.45 bits per heavy atom. The number of fused-ring (bicyclic) bond motifs is 3. The number of carbonyl (C=O) groups excluding carboxylic acids is 4. The highest BCUT2D eigenvalue weighted by atomic mass is 35.5. The van der Waals surface area contributed by atoms with Gasteiger partial charge in [0, 0.05) is 39.3 Å². The lowest BCUT2D eigenvalue weighted by atomic mass is 9.59. The van der Waals surface area contributed by atoms with Gasteiger partial charge in [-0.2, -0.15) is 0 Å². The Balaban J connectivity index is 1.50. The highest BCUT2D eigenvalue weighted by molar-refractivity contribution is 6.31. The number of hydrogen-bond acceptors (Lipinski definition) is 6. The Hall–Kier alpha value is -3.97. The molecule has 1 fully saturated rings. The molecule has 192 valence electrons. The Labute approximate surface area is 224 Å². The predicted octanol–water partition coefficient (Wildman–Crippen LogP) is 4.69. The molecule has 4 atom stereocenters. The van der Waals surface area contributed by atoms with Gasteiger partial charge in [0.1, 0.15) is 11.5 Å². The van der Waals surface area contributed by atoms with Crippen LogP contribution in [0.2, 0.25) is 5.02 Å². The van der Waals surface area contributed by atoms with Crippen LogP contribution in [0.4, 0.5) is 5.69 Å². The second kappa shape index (κ2) is 8.81. The summed E-state index contributed by atoms with van der Waals surface area (Å²) in [5, 5.41) is 10.6. The number of nitrogens with zero attached hydrogens (tertiary/aromatic N) is 1. The second-order valence-corrected chi connectivity index (χ2v) is 10.6. The first kappa shape index (κ1) is 24.4. The van der Waals surface area contributed by atoms with Crippen molar-refractivity contribution in [1.29, 1.82) is 0 Å². The summed E-state index contributed by atoms with van der Waals surface area (Å²) >= 11 is 6.02. The van der Waals surface area contributed by atoms with Gasteiger partial charge in [-0.1, -0.05) is 29.3 Å². The fourth-order valence-electron chi connectivity index (χ4n) is 6.50. The van der Waals surface area contributed by atoms with E-state index in [-0.39, 0.29) is 35.6 Å². The summed E-state index contributed by atoms with van der Waals surface area (Å²) in [4.78, 5) is 55.3. The van der Waals surface area contributed by atoms with Gasteiger partial charge in [0.2, 0.25) is 11.8 Å². The number of rotatable bonds is 3. The number of aromatic hydroxyl groups is 1. The van der Waals surface area contributed by atoms with Crippen molar-refractivity contribution in [3.8, 4) is 11.5 Å². The van der Waals surface area contributed by atoms with Crippen LogP contribution >= 0.6 is 11.6 Å². The summed E-state index contributed by atoms with van der Waals surface area (Å²) in [6.07, 6.45) is 3.83. The first-order valence-corrected chi connectivity index (χ1v) is 12.8. The number of anilines is 1. The number of ether oxygens (including phenoxy) is 1. The summed E-state index contributed by atoms with van der Waals surface area (Å²) in [6, 6.07) is 11.2. The number of imide groups is 1. The first-order valence-electron chi connectivity index (χ1n) is 12.4. The van der Waals surface area contributed by atoms with E-state index in [9.17, 15) is 24.3 Å². The normalized spacial score (nSPS) is 26.6. The summed E-state index contributed by atoms with van der Waals surface area (Å²) in [5.41, 5.74) is 3.00. The highest BCUT2D eigenvalue weighted by Gasteiger charge is 2.56.